The number of aliphatic imine (C=N–C) groups is 1. The van der Waals surface area contributed by atoms with Crippen molar-refractivity contribution in [3.05, 3.63) is 82.1 Å². The number of hydrogen-bond acceptors (Lipinski definition) is 5. The molecule has 0 N–H and O–H groups in total. The third-order valence-corrected chi connectivity index (χ3v) is 6.55. The van der Waals surface area contributed by atoms with Crippen LogP contribution in [0.2, 0.25) is 0 Å². The number of nitrogens with zero attached hydrogens (tertiary/aromatic N) is 5. The smallest absolute Gasteiger partial charge is 0.270 e. The normalized spacial score (nSPS) is 18.5. The molecule has 0 atom stereocenters. The number of guanidine groups is 1. The van der Waals surface area contributed by atoms with Gasteiger partial charge in [-0.2, -0.15) is 5.26 Å². The van der Waals surface area contributed by atoms with Crippen molar-refractivity contribution in [3.8, 4) is 6.07 Å². The second-order valence-electron chi connectivity index (χ2n) is 9.01. The summed E-state index contributed by atoms with van der Waals surface area (Å²) < 4.78 is 27.2. The van der Waals surface area contributed by atoms with Gasteiger partial charge in [0.15, 0.2) is 0 Å². The molecule has 0 unspecified atom stereocenters. The summed E-state index contributed by atoms with van der Waals surface area (Å²) in [7, 11) is 0. The molecule has 2 aromatic carbocycles. The minimum atomic E-state index is -2.90. The first-order chi connectivity index (χ1) is 16.3. The molecule has 0 saturated carbocycles. The van der Waals surface area contributed by atoms with Gasteiger partial charge >= 0.3 is 0 Å². The van der Waals surface area contributed by atoms with Gasteiger partial charge in [-0.25, -0.2) is 8.78 Å². The van der Waals surface area contributed by atoms with E-state index in [1.54, 1.807) is 23.1 Å². The van der Waals surface area contributed by atoms with Crippen LogP contribution in [-0.2, 0) is 23.8 Å². The molecule has 0 fully saturated rings. The van der Waals surface area contributed by atoms with E-state index < -0.39 is 5.92 Å². The summed E-state index contributed by atoms with van der Waals surface area (Å²) >= 11 is 0. The zero-order valence-corrected chi connectivity index (χ0v) is 19.0. The van der Waals surface area contributed by atoms with Crippen LogP contribution in [0.1, 0.15) is 35.6 Å². The fraction of sp³-hybridized carbons (Fsp3) is 0.346. The Morgan fingerprint density at radius 1 is 1.09 bits per heavy atom. The highest BCUT2D eigenvalue weighted by molar-refractivity contribution is 6.09. The number of hydrogen-bond donors (Lipinski definition) is 0. The summed E-state index contributed by atoms with van der Waals surface area (Å²) in [5, 5.41) is 9.17. The summed E-state index contributed by atoms with van der Waals surface area (Å²) in [6, 6.07) is 15.8. The van der Waals surface area contributed by atoms with Crippen LogP contribution < -0.4 is 0 Å². The van der Waals surface area contributed by atoms with Gasteiger partial charge in [-0.3, -0.25) is 19.6 Å². The van der Waals surface area contributed by atoms with Crippen LogP contribution in [0.3, 0.4) is 0 Å². The maximum atomic E-state index is 13.6. The van der Waals surface area contributed by atoms with Crippen molar-refractivity contribution in [1.82, 2.24) is 14.7 Å². The number of alkyl halides is 2. The molecule has 3 heterocycles. The number of rotatable bonds is 5. The van der Waals surface area contributed by atoms with Gasteiger partial charge in [0.1, 0.15) is 0 Å². The fourth-order valence-electron chi connectivity index (χ4n) is 4.83. The van der Waals surface area contributed by atoms with Gasteiger partial charge in [-0.05, 0) is 23.3 Å². The van der Waals surface area contributed by atoms with Gasteiger partial charge in [0.2, 0.25) is 5.96 Å². The SMILES string of the molecule is CC(F)(F)c1ccc(CN2C(=O)C3=C(CCN(Cc4cccc(C#N)c4)C3)N3CCN=C23)cc1. The zero-order chi connectivity index (χ0) is 23.9. The van der Waals surface area contributed by atoms with Gasteiger partial charge in [-0.1, -0.05) is 36.4 Å². The van der Waals surface area contributed by atoms with E-state index in [0.29, 0.717) is 31.2 Å². The standard InChI is InChI=1S/C26H25F2N5O/c1-26(27,28)21-7-5-18(6-8-21)16-33-24(34)22-17-31(15-20-4-2-3-19(13-20)14-29)11-9-23(22)32-12-10-30-25(32)33/h2-8,13H,9-12,15-17H2,1H3. The first kappa shape index (κ1) is 22.2. The lowest BCUT2D eigenvalue weighted by Crippen LogP contribution is -2.53. The highest BCUT2D eigenvalue weighted by atomic mass is 19.3. The summed E-state index contributed by atoms with van der Waals surface area (Å²) in [6.07, 6.45) is 0.756. The lowest BCUT2D eigenvalue weighted by atomic mass is 9.99. The molecule has 0 aromatic heterocycles. The second kappa shape index (κ2) is 8.65. The van der Waals surface area contributed by atoms with Gasteiger partial charge in [-0.15, -0.1) is 0 Å². The summed E-state index contributed by atoms with van der Waals surface area (Å²) in [4.78, 5) is 24.2. The van der Waals surface area contributed by atoms with Crippen LogP contribution >= 0.6 is 0 Å². The molecule has 2 aromatic rings. The zero-order valence-electron chi connectivity index (χ0n) is 19.0. The molecule has 6 nitrogen and oxygen atoms in total. The van der Waals surface area contributed by atoms with Gasteiger partial charge in [0.25, 0.3) is 11.8 Å². The molecule has 3 aliphatic heterocycles. The van der Waals surface area contributed by atoms with Crippen molar-refractivity contribution in [2.24, 2.45) is 4.99 Å². The van der Waals surface area contributed by atoms with Crippen LogP contribution in [-0.4, -0.2) is 52.7 Å². The van der Waals surface area contributed by atoms with E-state index in [1.165, 1.54) is 12.1 Å². The number of fused-ring (bicyclic) bond motifs is 2. The molecular weight excluding hydrogens is 436 g/mol. The van der Waals surface area contributed by atoms with E-state index in [1.807, 2.05) is 18.2 Å². The van der Waals surface area contributed by atoms with Crippen molar-refractivity contribution in [2.75, 3.05) is 26.2 Å². The third-order valence-electron chi connectivity index (χ3n) is 6.55. The molecule has 8 heteroatoms. The Hall–Kier alpha value is -3.57. The average molecular weight is 462 g/mol. The van der Waals surface area contributed by atoms with Crippen LogP contribution in [0.5, 0.6) is 0 Å². The predicted molar refractivity (Wildman–Crippen MR) is 124 cm³/mol. The number of halogens is 2. The molecule has 0 radical (unpaired) electrons. The maximum Gasteiger partial charge on any atom is 0.270 e. The van der Waals surface area contributed by atoms with Crippen LogP contribution in [0, 0.1) is 11.3 Å². The second-order valence-corrected chi connectivity index (χ2v) is 9.01. The summed E-state index contributed by atoms with van der Waals surface area (Å²) in [5.41, 5.74) is 4.20. The van der Waals surface area contributed by atoms with Crippen LogP contribution in [0.15, 0.2) is 64.8 Å². The Balaban J connectivity index is 1.37. The topological polar surface area (TPSA) is 62.9 Å². The van der Waals surface area contributed by atoms with E-state index in [9.17, 15) is 18.8 Å². The molecular formula is C26H25F2N5O. The minimum absolute atomic E-state index is 0.0468. The largest absolute Gasteiger partial charge is 0.314 e. The van der Waals surface area contributed by atoms with E-state index in [0.717, 1.165) is 48.8 Å². The molecule has 0 aliphatic carbocycles. The number of nitriles is 1. The van der Waals surface area contributed by atoms with Crippen molar-refractivity contribution in [2.45, 2.75) is 32.4 Å². The van der Waals surface area contributed by atoms with E-state index in [4.69, 9.17) is 0 Å². The van der Waals surface area contributed by atoms with Crippen LogP contribution in [0.25, 0.3) is 0 Å². The Bertz CT molecular complexity index is 1220. The van der Waals surface area contributed by atoms with Gasteiger partial charge in [0.05, 0.1) is 30.3 Å². The monoisotopic (exact) mass is 461 g/mol. The van der Waals surface area contributed by atoms with Crippen molar-refractivity contribution >= 4 is 11.9 Å². The first-order valence-electron chi connectivity index (χ1n) is 11.4. The third kappa shape index (κ3) is 4.19. The van der Waals surface area contributed by atoms with Crippen LogP contribution in [0.4, 0.5) is 8.78 Å². The number of carbonyl (C=O) groups excluding carboxylic acids is 1. The Labute approximate surface area is 197 Å². The molecule has 0 bridgehead atoms. The predicted octanol–water partition coefficient (Wildman–Crippen LogP) is 3.84. The van der Waals surface area contributed by atoms with E-state index in [-0.39, 0.29) is 18.0 Å². The van der Waals surface area contributed by atoms with Crippen molar-refractivity contribution < 1.29 is 13.6 Å². The molecule has 1 amide bonds. The average Bonchev–Trinajstić information content (AvgIpc) is 3.31. The molecule has 0 spiro atoms. The highest BCUT2D eigenvalue weighted by Gasteiger charge is 2.41. The lowest BCUT2D eigenvalue weighted by Gasteiger charge is -2.42. The molecule has 174 valence electrons. The molecule has 3 aliphatic rings. The van der Waals surface area contributed by atoms with E-state index in [2.05, 4.69) is 20.9 Å². The molecule has 5 rings (SSSR count). The van der Waals surface area contributed by atoms with Crippen molar-refractivity contribution in [3.63, 3.8) is 0 Å². The fourth-order valence-corrected chi connectivity index (χ4v) is 4.83. The number of benzene rings is 2. The summed E-state index contributed by atoms with van der Waals surface area (Å²) in [6.45, 7) is 4.52. The number of amides is 1. The highest BCUT2D eigenvalue weighted by Crippen LogP contribution is 2.33. The first-order valence-corrected chi connectivity index (χ1v) is 11.4. The van der Waals surface area contributed by atoms with Gasteiger partial charge in [0, 0.05) is 50.8 Å². The minimum Gasteiger partial charge on any atom is -0.314 e. The van der Waals surface area contributed by atoms with Gasteiger partial charge < -0.3 is 4.90 Å². The number of carbonyl (C=O) groups is 1. The van der Waals surface area contributed by atoms with Crippen molar-refractivity contribution in [1.29, 1.82) is 5.26 Å². The quantitative estimate of drug-likeness (QED) is 0.679. The Morgan fingerprint density at radius 2 is 1.88 bits per heavy atom. The maximum absolute atomic E-state index is 13.6. The Morgan fingerprint density at radius 3 is 2.62 bits per heavy atom. The summed E-state index contributed by atoms with van der Waals surface area (Å²) in [5.74, 6) is -2.32. The Kier molecular flexibility index (Phi) is 5.66. The molecule has 34 heavy (non-hydrogen) atoms. The molecule has 0 saturated heterocycles. The lowest BCUT2D eigenvalue weighted by molar-refractivity contribution is -0.125. The van der Waals surface area contributed by atoms with E-state index >= 15 is 0 Å².